The molecule has 0 aromatic carbocycles. The molecular weight excluding hydrogens is 270 g/mol. The first-order chi connectivity index (χ1) is 8.36. The van der Waals surface area contributed by atoms with Crippen LogP contribution in [0.2, 0.25) is 0 Å². The van der Waals surface area contributed by atoms with Gasteiger partial charge in [0.05, 0.1) is 11.9 Å². The molecule has 0 radical (unpaired) electrons. The van der Waals surface area contributed by atoms with Crippen molar-refractivity contribution >= 4 is 12.2 Å². The van der Waals surface area contributed by atoms with Crippen LogP contribution in [0.4, 0.5) is 17.6 Å². The van der Waals surface area contributed by atoms with E-state index in [1.165, 1.54) is 12.3 Å². The lowest BCUT2D eigenvalue weighted by atomic mass is 10.2. The molecule has 0 aliphatic heterocycles. The summed E-state index contributed by atoms with van der Waals surface area (Å²) >= 11 is 4.64. The van der Waals surface area contributed by atoms with Crippen molar-refractivity contribution in [2.75, 3.05) is 0 Å². The average Bonchev–Trinajstić information content (AvgIpc) is 2.27. The Kier molecular flexibility index (Phi) is 3.12. The maximum atomic E-state index is 12.9. The minimum Gasteiger partial charge on any atom is -0.335 e. The number of alkyl halides is 3. The third kappa shape index (κ3) is 2.70. The predicted molar refractivity (Wildman–Crippen MR) is 57.6 cm³/mol. The number of H-pyrrole nitrogens is 1. The lowest BCUT2D eigenvalue weighted by molar-refractivity contribution is -0.144. The number of rotatable bonds is 1. The van der Waals surface area contributed by atoms with E-state index < -0.39 is 17.8 Å². The molecular formula is C10H5F4N3S. The topological polar surface area (TPSA) is 41.6 Å². The molecule has 3 nitrogen and oxygen atoms in total. The van der Waals surface area contributed by atoms with E-state index in [0.29, 0.717) is 0 Å². The molecule has 2 rings (SSSR count). The van der Waals surface area contributed by atoms with Gasteiger partial charge in [-0.3, -0.25) is 4.98 Å². The smallest absolute Gasteiger partial charge is 0.335 e. The second-order valence-electron chi connectivity index (χ2n) is 3.37. The van der Waals surface area contributed by atoms with Gasteiger partial charge in [0.15, 0.2) is 0 Å². The summed E-state index contributed by atoms with van der Waals surface area (Å²) in [5.41, 5.74) is 0.170. The second kappa shape index (κ2) is 4.45. The zero-order chi connectivity index (χ0) is 13.3. The van der Waals surface area contributed by atoms with Crippen molar-refractivity contribution in [3.63, 3.8) is 0 Å². The Hall–Kier alpha value is -1.83. The van der Waals surface area contributed by atoms with Crippen LogP contribution in [0.3, 0.4) is 0 Å². The van der Waals surface area contributed by atoms with Crippen molar-refractivity contribution in [1.82, 2.24) is 15.0 Å². The monoisotopic (exact) mass is 275 g/mol. The van der Waals surface area contributed by atoms with Crippen molar-refractivity contribution in [1.29, 1.82) is 0 Å². The van der Waals surface area contributed by atoms with Crippen LogP contribution in [0.25, 0.3) is 11.3 Å². The number of aromatic amines is 1. The van der Waals surface area contributed by atoms with Crippen molar-refractivity contribution in [3.05, 3.63) is 40.8 Å². The molecule has 0 aliphatic carbocycles. The fourth-order valence-corrected chi connectivity index (χ4v) is 1.52. The largest absolute Gasteiger partial charge is 0.449 e. The summed E-state index contributed by atoms with van der Waals surface area (Å²) in [5, 5.41) is 0. The minimum atomic E-state index is -4.65. The van der Waals surface area contributed by atoms with Crippen LogP contribution in [0.15, 0.2) is 24.5 Å². The average molecular weight is 275 g/mol. The fourth-order valence-electron chi connectivity index (χ4n) is 1.31. The van der Waals surface area contributed by atoms with E-state index >= 15 is 0 Å². The SMILES string of the molecule is Fc1cncc(-c2cc(=S)nc(C(F)(F)F)[nH]2)c1. The van der Waals surface area contributed by atoms with Gasteiger partial charge in [-0.2, -0.15) is 13.2 Å². The quantitative estimate of drug-likeness (QED) is 0.641. The summed E-state index contributed by atoms with van der Waals surface area (Å²) in [4.78, 5) is 8.78. The molecule has 0 fully saturated rings. The van der Waals surface area contributed by atoms with Gasteiger partial charge >= 0.3 is 6.18 Å². The molecule has 0 bridgehead atoms. The molecule has 94 valence electrons. The normalized spacial score (nSPS) is 11.6. The van der Waals surface area contributed by atoms with Gasteiger partial charge in [0.2, 0.25) is 5.82 Å². The highest BCUT2D eigenvalue weighted by atomic mass is 32.1. The zero-order valence-corrected chi connectivity index (χ0v) is 9.44. The molecule has 0 spiro atoms. The van der Waals surface area contributed by atoms with E-state index in [9.17, 15) is 17.6 Å². The molecule has 18 heavy (non-hydrogen) atoms. The highest BCUT2D eigenvalue weighted by molar-refractivity contribution is 7.71. The molecule has 0 unspecified atom stereocenters. The van der Waals surface area contributed by atoms with E-state index in [2.05, 4.69) is 27.2 Å². The molecule has 0 aliphatic rings. The number of hydrogen-bond donors (Lipinski definition) is 1. The van der Waals surface area contributed by atoms with Crippen molar-refractivity contribution in [2.45, 2.75) is 6.18 Å². The van der Waals surface area contributed by atoms with Gasteiger partial charge < -0.3 is 4.98 Å². The Bertz CT molecular complexity index is 636. The van der Waals surface area contributed by atoms with Gasteiger partial charge in [-0.15, -0.1) is 0 Å². The van der Waals surface area contributed by atoms with Crippen LogP contribution in [-0.2, 0) is 6.18 Å². The lowest BCUT2D eigenvalue weighted by Gasteiger charge is -2.08. The van der Waals surface area contributed by atoms with Crippen LogP contribution in [-0.4, -0.2) is 15.0 Å². The first-order valence-electron chi connectivity index (χ1n) is 4.66. The summed E-state index contributed by atoms with van der Waals surface area (Å²) in [6, 6.07) is 2.26. The van der Waals surface area contributed by atoms with Crippen molar-refractivity contribution < 1.29 is 17.6 Å². The highest BCUT2D eigenvalue weighted by Gasteiger charge is 2.34. The minimum absolute atomic E-state index is 0.00863. The van der Waals surface area contributed by atoms with Gasteiger partial charge in [0, 0.05) is 11.8 Å². The molecule has 0 saturated carbocycles. The van der Waals surface area contributed by atoms with Crippen LogP contribution in [0, 0.1) is 10.5 Å². The van der Waals surface area contributed by atoms with Gasteiger partial charge in [-0.1, -0.05) is 12.2 Å². The maximum absolute atomic E-state index is 12.9. The molecule has 0 amide bonds. The highest BCUT2D eigenvalue weighted by Crippen LogP contribution is 2.27. The molecule has 2 aromatic rings. The Labute approximate surface area is 104 Å². The van der Waals surface area contributed by atoms with Crippen molar-refractivity contribution in [2.24, 2.45) is 0 Å². The number of aromatic nitrogens is 3. The number of halogens is 4. The number of nitrogens with one attached hydrogen (secondary N) is 1. The zero-order valence-electron chi connectivity index (χ0n) is 8.62. The standard InChI is InChI=1S/C10H5F4N3S/c11-6-1-5(3-15-4-6)7-2-8(18)17-9(16-7)10(12,13)14/h1-4H,(H,16,17,18). The molecule has 1 N–H and O–H groups in total. The first-order valence-corrected chi connectivity index (χ1v) is 5.06. The van der Waals surface area contributed by atoms with E-state index in [1.807, 2.05) is 0 Å². The van der Waals surface area contributed by atoms with Crippen LogP contribution < -0.4 is 0 Å². The fraction of sp³-hybridized carbons (Fsp3) is 0.100. The van der Waals surface area contributed by atoms with Gasteiger partial charge in [-0.25, -0.2) is 9.37 Å². The van der Waals surface area contributed by atoms with E-state index in [1.54, 1.807) is 0 Å². The van der Waals surface area contributed by atoms with Crippen LogP contribution >= 0.6 is 12.2 Å². The third-order valence-electron chi connectivity index (χ3n) is 2.03. The molecule has 0 saturated heterocycles. The number of hydrogen-bond acceptors (Lipinski definition) is 3. The Balaban J connectivity index is 2.59. The second-order valence-corrected chi connectivity index (χ2v) is 3.79. The van der Waals surface area contributed by atoms with Crippen LogP contribution in [0.1, 0.15) is 5.82 Å². The Morgan fingerprint density at radius 1 is 1.17 bits per heavy atom. The van der Waals surface area contributed by atoms with Crippen molar-refractivity contribution in [3.8, 4) is 11.3 Å². The van der Waals surface area contributed by atoms with Gasteiger partial charge in [0.25, 0.3) is 0 Å². The molecule has 2 aromatic heterocycles. The number of nitrogens with zero attached hydrogens (tertiary/aromatic N) is 2. The first kappa shape index (κ1) is 12.6. The van der Waals surface area contributed by atoms with E-state index in [4.69, 9.17) is 0 Å². The van der Waals surface area contributed by atoms with Crippen LogP contribution in [0.5, 0.6) is 0 Å². The summed E-state index contributed by atoms with van der Waals surface area (Å²) in [6.45, 7) is 0. The lowest BCUT2D eigenvalue weighted by Crippen LogP contribution is -2.11. The summed E-state index contributed by atoms with van der Waals surface area (Å²) < 4.78 is 50.3. The summed E-state index contributed by atoms with van der Waals surface area (Å²) in [7, 11) is 0. The molecule has 0 atom stereocenters. The summed E-state index contributed by atoms with van der Waals surface area (Å²) in [6.07, 6.45) is -2.47. The predicted octanol–water partition coefficient (Wildman–Crippen LogP) is 3.36. The number of pyridine rings is 1. The van der Waals surface area contributed by atoms with E-state index in [-0.39, 0.29) is 15.9 Å². The Morgan fingerprint density at radius 2 is 1.89 bits per heavy atom. The Morgan fingerprint density at radius 3 is 2.50 bits per heavy atom. The summed E-state index contributed by atoms with van der Waals surface area (Å²) in [5.74, 6) is -1.88. The molecule has 2 heterocycles. The third-order valence-corrected chi connectivity index (χ3v) is 2.24. The maximum Gasteiger partial charge on any atom is 0.449 e. The van der Waals surface area contributed by atoms with E-state index in [0.717, 1.165) is 12.3 Å². The van der Waals surface area contributed by atoms with Gasteiger partial charge in [0.1, 0.15) is 10.5 Å². The molecule has 8 heteroatoms. The van der Waals surface area contributed by atoms with Gasteiger partial charge in [-0.05, 0) is 12.1 Å².